The van der Waals surface area contributed by atoms with E-state index in [1.54, 1.807) is 0 Å². The topological polar surface area (TPSA) is 0 Å². The Labute approximate surface area is 107 Å². The van der Waals surface area contributed by atoms with Crippen molar-refractivity contribution in [2.24, 2.45) is 35.0 Å². The minimum atomic E-state index is 0.586. The molecule has 0 amide bonds. The Morgan fingerprint density at radius 2 is 2.00 bits per heavy atom. The molecule has 6 atom stereocenters. The molecular formula is C15H28S. The van der Waals surface area contributed by atoms with Crippen LogP contribution < -0.4 is 0 Å². The third-order valence-corrected chi connectivity index (χ3v) is 6.16. The summed E-state index contributed by atoms with van der Waals surface area (Å²) in [6.07, 6.45) is 4.25. The van der Waals surface area contributed by atoms with Crippen LogP contribution >= 0.6 is 12.6 Å². The maximum Gasteiger partial charge on any atom is 0.00223 e. The first-order valence-electron chi connectivity index (χ1n) is 7.08. The van der Waals surface area contributed by atoms with Crippen molar-refractivity contribution in [3.8, 4) is 0 Å². The number of thiol groups is 1. The smallest absolute Gasteiger partial charge is 0.00223 e. The van der Waals surface area contributed by atoms with Crippen molar-refractivity contribution in [1.29, 1.82) is 0 Å². The molecule has 2 aliphatic carbocycles. The van der Waals surface area contributed by atoms with Crippen molar-refractivity contribution in [2.45, 2.75) is 59.1 Å². The molecule has 0 nitrogen and oxygen atoms in total. The van der Waals surface area contributed by atoms with Crippen LogP contribution in [0.4, 0.5) is 0 Å². The van der Waals surface area contributed by atoms with Crippen LogP contribution in [0.2, 0.25) is 0 Å². The molecule has 0 spiro atoms. The molecule has 1 heteroatoms. The lowest BCUT2D eigenvalue weighted by atomic mass is 9.44. The maximum atomic E-state index is 4.75. The fourth-order valence-corrected chi connectivity index (χ4v) is 5.11. The van der Waals surface area contributed by atoms with Crippen LogP contribution in [0.5, 0.6) is 0 Å². The fraction of sp³-hybridized carbons (Fsp3) is 1.00. The van der Waals surface area contributed by atoms with Gasteiger partial charge in [-0.2, -0.15) is 12.6 Å². The van der Waals surface area contributed by atoms with Crippen molar-refractivity contribution in [3.05, 3.63) is 0 Å². The average Bonchev–Trinajstić information content (AvgIpc) is 2.19. The molecule has 2 saturated carbocycles. The molecule has 6 unspecified atom stereocenters. The zero-order chi connectivity index (χ0) is 12.1. The highest BCUT2D eigenvalue weighted by molar-refractivity contribution is 7.80. The zero-order valence-electron chi connectivity index (χ0n) is 11.5. The SMILES string of the molecule is CCC1C(C)C(C2CCC2(C)C)C1C(C)S. The van der Waals surface area contributed by atoms with Gasteiger partial charge in [0.15, 0.2) is 0 Å². The van der Waals surface area contributed by atoms with Crippen molar-refractivity contribution < 1.29 is 0 Å². The Kier molecular flexibility index (Phi) is 3.38. The van der Waals surface area contributed by atoms with Gasteiger partial charge in [-0.05, 0) is 47.8 Å². The monoisotopic (exact) mass is 240 g/mol. The molecule has 0 aromatic heterocycles. The molecule has 2 rings (SSSR count). The van der Waals surface area contributed by atoms with E-state index >= 15 is 0 Å². The van der Waals surface area contributed by atoms with Gasteiger partial charge in [0, 0.05) is 5.25 Å². The Bertz CT molecular complexity index is 256. The van der Waals surface area contributed by atoms with E-state index in [0.717, 1.165) is 29.6 Å². The summed E-state index contributed by atoms with van der Waals surface area (Å²) in [6.45, 7) is 12.1. The van der Waals surface area contributed by atoms with Gasteiger partial charge in [0.25, 0.3) is 0 Å². The first-order chi connectivity index (χ1) is 7.40. The second kappa shape index (κ2) is 4.23. The van der Waals surface area contributed by atoms with Crippen LogP contribution in [0.3, 0.4) is 0 Å². The lowest BCUT2D eigenvalue weighted by molar-refractivity contribution is -0.124. The van der Waals surface area contributed by atoms with E-state index in [4.69, 9.17) is 12.6 Å². The molecule has 0 bridgehead atoms. The summed E-state index contributed by atoms with van der Waals surface area (Å²) in [4.78, 5) is 0. The summed E-state index contributed by atoms with van der Waals surface area (Å²) in [7, 11) is 0. The Morgan fingerprint density at radius 3 is 2.31 bits per heavy atom. The quantitative estimate of drug-likeness (QED) is 0.682. The van der Waals surface area contributed by atoms with E-state index in [9.17, 15) is 0 Å². The Morgan fingerprint density at radius 1 is 1.38 bits per heavy atom. The predicted molar refractivity (Wildman–Crippen MR) is 74.9 cm³/mol. The van der Waals surface area contributed by atoms with Crippen LogP contribution in [0.15, 0.2) is 0 Å². The van der Waals surface area contributed by atoms with Gasteiger partial charge in [-0.3, -0.25) is 0 Å². The van der Waals surface area contributed by atoms with E-state index in [0.29, 0.717) is 10.7 Å². The van der Waals surface area contributed by atoms with Crippen LogP contribution in [0.1, 0.15) is 53.9 Å². The average molecular weight is 240 g/mol. The normalized spacial score (nSPS) is 48.0. The predicted octanol–water partition coefficient (Wildman–Crippen LogP) is 4.65. The van der Waals surface area contributed by atoms with Crippen molar-refractivity contribution in [3.63, 3.8) is 0 Å². The molecule has 0 radical (unpaired) electrons. The second-order valence-electron chi connectivity index (χ2n) is 6.96. The van der Waals surface area contributed by atoms with E-state index in [-0.39, 0.29) is 0 Å². The third-order valence-electron chi connectivity index (χ3n) is 5.82. The molecule has 16 heavy (non-hydrogen) atoms. The molecule has 0 heterocycles. The summed E-state index contributed by atoms with van der Waals surface area (Å²) >= 11 is 4.75. The van der Waals surface area contributed by atoms with Crippen LogP contribution in [0, 0.1) is 35.0 Å². The van der Waals surface area contributed by atoms with Crippen molar-refractivity contribution >= 4 is 12.6 Å². The number of hydrogen-bond donors (Lipinski definition) is 1. The minimum Gasteiger partial charge on any atom is -0.176 e. The van der Waals surface area contributed by atoms with Gasteiger partial charge in [-0.25, -0.2) is 0 Å². The van der Waals surface area contributed by atoms with Crippen molar-refractivity contribution in [1.82, 2.24) is 0 Å². The van der Waals surface area contributed by atoms with E-state index in [1.807, 2.05) is 0 Å². The van der Waals surface area contributed by atoms with E-state index in [2.05, 4.69) is 34.6 Å². The lowest BCUT2D eigenvalue weighted by Crippen LogP contribution is -2.57. The standard InChI is InChI=1S/C15H28S/c1-6-11-9(2)13(14(11)10(3)16)12-7-8-15(12,4)5/h9-14,16H,6-8H2,1-5H3. The van der Waals surface area contributed by atoms with Crippen LogP contribution in [0.25, 0.3) is 0 Å². The molecule has 0 aromatic carbocycles. The van der Waals surface area contributed by atoms with Gasteiger partial charge in [0.2, 0.25) is 0 Å². The molecule has 0 aromatic rings. The molecule has 0 saturated heterocycles. The van der Waals surface area contributed by atoms with Crippen molar-refractivity contribution in [2.75, 3.05) is 0 Å². The van der Waals surface area contributed by atoms with Gasteiger partial charge in [0.1, 0.15) is 0 Å². The number of hydrogen-bond acceptors (Lipinski definition) is 1. The molecule has 94 valence electrons. The first kappa shape index (κ1) is 12.8. The molecule has 0 aliphatic heterocycles. The highest BCUT2D eigenvalue weighted by atomic mass is 32.1. The second-order valence-corrected chi connectivity index (χ2v) is 7.77. The molecule has 0 N–H and O–H groups in total. The zero-order valence-corrected chi connectivity index (χ0v) is 12.4. The molecule has 2 aliphatic rings. The lowest BCUT2D eigenvalue weighted by Gasteiger charge is -2.62. The molecule has 2 fully saturated rings. The van der Waals surface area contributed by atoms with E-state index < -0.39 is 0 Å². The Balaban J connectivity index is 2.09. The fourth-order valence-electron chi connectivity index (χ4n) is 4.69. The first-order valence-corrected chi connectivity index (χ1v) is 7.60. The minimum absolute atomic E-state index is 0.586. The summed E-state index contributed by atoms with van der Waals surface area (Å²) < 4.78 is 0. The van der Waals surface area contributed by atoms with Crippen LogP contribution in [-0.2, 0) is 0 Å². The highest BCUT2D eigenvalue weighted by Gasteiger charge is 2.56. The highest BCUT2D eigenvalue weighted by Crippen LogP contribution is 2.62. The van der Waals surface area contributed by atoms with Crippen LogP contribution in [-0.4, -0.2) is 5.25 Å². The summed E-state index contributed by atoms with van der Waals surface area (Å²) in [5, 5.41) is 0.586. The summed E-state index contributed by atoms with van der Waals surface area (Å²) in [6, 6.07) is 0. The van der Waals surface area contributed by atoms with E-state index in [1.165, 1.54) is 19.3 Å². The van der Waals surface area contributed by atoms with Gasteiger partial charge in [-0.1, -0.05) is 41.0 Å². The van der Waals surface area contributed by atoms with Gasteiger partial charge >= 0.3 is 0 Å². The van der Waals surface area contributed by atoms with Gasteiger partial charge in [0.05, 0.1) is 0 Å². The summed E-state index contributed by atoms with van der Waals surface area (Å²) in [5.41, 5.74) is 0.610. The third kappa shape index (κ3) is 1.74. The number of rotatable bonds is 3. The van der Waals surface area contributed by atoms with Gasteiger partial charge in [-0.15, -0.1) is 0 Å². The molecular weight excluding hydrogens is 212 g/mol. The largest absolute Gasteiger partial charge is 0.176 e. The van der Waals surface area contributed by atoms with Gasteiger partial charge < -0.3 is 0 Å². The summed E-state index contributed by atoms with van der Waals surface area (Å²) in [5.74, 6) is 4.70. The Hall–Kier alpha value is 0.350. The maximum absolute atomic E-state index is 4.75.